The Morgan fingerprint density at radius 1 is 0.522 bits per heavy atom. The molecule has 0 unspecified atom stereocenters. The molecular formula is C62H76N6O20S2. The number of hydrogen-bond acceptors (Lipinski definition) is 20. The van der Waals surface area contributed by atoms with Crippen molar-refractivity contribution in [3.05, 3.63) is 120 Å². The number of benzene rings is 4. The monoisotopic (exact) mass is 1290 g/mol. The maximum Gasteiger partial charge on any atom is 0.364 e. The van der Waals surface area contributed by atoms with Gasteiger partial charge in [-0.15, -0.1) is 0 Å². The van der Waals surface area contributed by atoms with Gasteiger partial charge in [-0.2, -0.15) is 23.5 Å². The highest BCUT2D eigenvalue weighted by atomic mass is 32.2. The van der Waals surface area contributed by atoms with E-state index in [2.05, 4.69) is 43.7 Å². The molecule has 0 spiro atoms. The minimum absolute atomic E-state index is 0.153. The van der Waals surface area contributed by atoms with Crippen LogP contribution in [0, 0.1) is 11.8 Å². The lowest BCUT2D eigenvalue weighted by Crippen LogP contribution is -2.68. The number of thioether (sulfide) groups is 2. The van der Waals surface area contributed by atoms with Crippen LogP contribution in [0.3, 0.4) is 0 Å². The maximum atomic E-state index is 13.0. The van der Waals surface area contributed by atoms with E-state index >= 15 is 0 Å². The van der Waals surface area contributed by atoms with Crippen LogP contribution >= 0.6 is 23.5 Å². The van der Waals surface area contributed by atoms with Crippen LogP contribution in [0.1, 0.15) is 60.2 Å². The summed E-state index contributed by atoms with van der Waals surface area (Å²) in [5.74, 6) is -6.22. The van der Waals surface area contributed by atoms with Gasteiger partial charge < -0.3 is 91.7 Å². The Labute approximate surface area is 527 Å². The van der Waals surface area contributed by atoms with Crippen molar-refractivity contribution in [1.82, 2.24) is 31.9 Å². The third-order valence-corrected chi connectivity index (χ3v) is 16.5. The van der Waals surface area contributed by atoms with Crippen LogP contribution in [-0.4, -0.2) is 223 Å². The Kier molecular flexibility index (Phi) is 28.0. The first-order chi connectivity index (χ1) is 43.0. The zero-order valence-electron chi connectivity index (χ0n) is 49.4. The van der Waals surface area contributed by atoms with E-state index in [9.17, 15) is 79.2 Å². The molecular weight excluding hydrogens is 1210 g/mol. The number of carbonyl (C=O) groups excluding carboxylic acids is 6. The van der Waals surface area contributed by atoms with Crippen molar-refractivity contribution >= 4 is 70.9 Å². The molecule has 0 bridgehead atoms. The summed E-state index contributed by atoms with van der Waals surface area (Å²) in [6, 6.07) is 29.5. The van der Waals surface area contributed by atoms with Gasteiger partial charge in [-0.3, -0.25) is 28.8 Å². The average molecular weight is 1290 g/mol. The molecule has 2 aliphatic heterocycles. The van der Waals surface area contributed by atoms with E-state index in [0.717, 1.165) is 36.1 Å². The Morgan fingerprint density at radius 2 is 0.867 bits per heavy atom. The molecule has 90 heavy (non-hydrogen) atoms. The molecule has 2 heterocycles. The normalized spacial score (nSPS) is 22.6. The highest BCUT2D eigenvalue weighted by molar-refractivity contribution is 7.99. The minimum Gasteiger partial charge on any atom is -0.477 e. The van der Waals surface area contributed by atoms with Gasteiger partial charge in [-0.1, -0.05) is 84.9 Å². The van der Waals surface area contributed by atoms with Crippen molar-refractivity contribution in [3.63, 3.8) is 0 Å². The number of aliphatic hydroxyl groups excluding tert-OH is 6. The summed E-state index contributed by atoms with van der Waals surface area (Å²) in [4.78, 5) is 100. The highest BCUT2D eigenvalue weighted by Crippen LogP contribution is 2.36. The quantitative estimate of drug-likeness (QED) is 0.0226. The van der Waals surface area contributed by atoms with Crippen LogP contribution in [0.5, 0.6) is 0 Å². The number of nitrogens with one attached hydrogen (secondary N) is 6. The molecule has 4 aromatic rings. The molecule has 28 heteroatoms. The predicted molar refractivity (Wildman–Crippen MR) is 329 cm³/mol. The van der Waals surface area contributed by atoms with Gasteiger partial charge in [-0.25, -0.2) is 9.59 Å². The number of carbonyl (C=O) groups is 8. The summed E-state index contributed by atoms with van der Waals surface area (Å²) >= 11 is 2.72. The molecule has 6 amide bonds. The summed E-state index contributed by atoms with van der Waals surface area (Å²) in [5, 5.41) is 102. The maximum absolute atomic E-state index is 13.0. The van der Waals surface area contributed by atoms with Gasteiger partial charge in [-0.05, 0) is 70.9 Å². The lowest BCUT2D eigenvalue weighted by molar-refractivity contribution is -0.310. The molecule has 2 aliphatic rings. The molecule has 4 aromatic carbocycles. The standard InChI is InChI=1S/C62H76N6O20S2/c1-37(69)67-51-45(71)33-61(59(81)82,87-55(51)53(77)47(73)35-65-57(79)43-19-15-41(16-20-43)39-11-5-3-6-12-39)85-27-9-29-89-31-25-63-49(75)23-24-50(76)64-26-32-90-30-10-28-86-62(60(83)84)34-46(72)52(68-38(2)70)56(88-62)54(78)48(74)36-66-58(80)44-21-17-42(18-22-44)40-13-7-4-8-14-40/h3-8,11-22,45-48,51-56,71-74,77-78H,9-10,25-36H2,1-2H3,(H,63,75)(H,64,76)(H,65,79)(H,66,80)(H,67,69)(H,68,70)(H,81,82)(H,83,84)/t45-,46-,47+,48+,51+,52+,53+,54+,55+,56+,61+,62+/m0/s1. The molecule has 26 nitrogen and oxygen atoms in total. The Balaban J connectivity index is 0.852. The van der Waals surface area contributed by atoms with Crippen molar-refractivity contribution < 1.29 is 98.2 Å². The molecule has 0 saturated carbocycles. The smallest absolute Gasteiger partial charge is 0.364 e. The van der Waals surface area contributed by atoms with Crippen molar-refractivity contribution in [1.29, 1.82) is 0 Å². The van der Waals surface area contributed by atoms with Crippen molar-refractivity contribution in [2.75, 3.05) is 62.4 Å². The van der Waals surface area contributed by atoms with Gasteiger partial charge in [0.05, 0.1) is 49.7 Å². The number of carboxylic acid groups (broad SMARTS) is 2. The summed E-state index contributed by atoms with van der Waals surface area (Å²) in [6.07, 6.45) is -14.9. The van der Waals surface area contributed by atoms with Gasteiger partial charge in [0.1, 0.15) is 24.4 Å². The van der Waals surface area contributed by atoms with Crippen molar-refractivity contribution in [3.8, 4) is 34.1 Å². The fourth-order valence-electron chi connectivity index (χ4n) is 9.74. The van der Waals surface area contributed by atoms with E-state index in [0.29, 0.717) is 23.0 Å². The second kappa shape index (κ2) is 35.2. The number of carboxylic acids is 2. The Morgan fingerprint density at radius 3 is 1.20 bits per heavy atom. The van der Waals surface area contributed by atoms with Crippen LogP contribution in [-0.2, 0) is 47.7 Å². The zero-order chi connectivity index (χ0) is 65.4. The van der Waals surface area contributed by atoms with Gasteiger partial charge in [0.2, 0.25) is 11.8 Å². The van der Waals surface area contributed by atoms with E-state index in [1.54, 1.807) is 48.5 Å². The molecule has 12 atom stereocenters. The second-order valence-electron chi connectivity index (χ2n) is 21.1. The first-order valence-corrected chi connectivity index (χ1v) is 31.2. The van der Waals surface area contributed by atoms with Crippen LogP contribution in [0.15, 0.2) is 109 Å². The van der Waals surface area contributed by atoms with Crippen molar-refractivity contribution in [2.24, 2.45) is 0 Å². The topological polar surface area (TPSA) is 408 Å². The highest BCUT2D eigenvalue weighted by Gasteiger charge is 2.57. The van der Waals surface area contributed by atoms with Gasteiger partial charge in [0, 0.05) is 87.3 Å². The third-order valence-electron chi connectivity index (χ3n) is 14.3. The largest absolute Gasteiger partial charge is 0.477 e. The molecule has 0 aliphatic carbocycles. The molecule has 0 aromatic heterocycles. The summed E-state index contributed by atoms with van der Waals surface area (Å²) in [6.45, 7) is 1.13. The summed E-state index contributed by atoms with van der Waals surface area (Å²) < 4.78 is 23.0. The number of ether oxygens (including phenoxy) is 4. The predicted octanol–water partition coefficient (Wildman–Crippen LogP) is 0.0104. The van der Waals surface area contributed by atoms with E-state index in [1.165, 1.54) is 23.5 Å². The fraction of sp³-hybridized carbons (Fsp3) is 0.452. The van der Waals surface area contributed by atoms with Crippen LogP contribution < -0.4 is 31.9 Å². The number of hydrogen-bond donors (Lipinski definition) is 14. The van der Waals surface area contributed by atoms with Crippen LogP contribution in [0.25, 0.3) is 22.3 Å². The third kappa shape index (κ3) is 21.0. The zero-order valence-corrected chi connectivity index (χ0v) is 51.0. The van der Waals surface area contributed by atoms with Crippen molar-refractivity contribution in [2.45, 2.75) is 112 Å². The SMILES string of the molecule is CC(=O)N[C@H]1[C@H]([C@H](O)[C@H](O)CNC(=O)c2ccc(-c3ccccc3)cc2)O[C@@](OCCCSCCNC(=O)C#CC(=O)NCCSCCCO[C@]2(C(=O)O)C[C@H](O)[C@@H](NC(C)=O)[C@H]([C@H](O)[C@H](O)CNC(=O)c3ccc(-c4ccccc4)cc3)O2)(C(=O)O)C[C@@H]1O. The number of aliphatic carboxylic acids is 2. The average Bonchev–Trinajstić information content (AvgIpc) is 1.24. The van der Waals surface area contributed by atoms with E-state index in [1.807, 2.05) is 60.7 Å². The van der Waals surface area contributed by atoms with Gasteiger partial charge in [0.25, 0.3) is 35.2 Å². The first kappa shape index (κ1) is 71.6. The second-order valence-corrected chi connectivity index (χ2v) is 23.5. The lowest BCUT2D eigenvalue weighted by Gasteiger charge is -2.46. The van der Waals surface area contributed by atoms with Crippen LogP contribution in [0.2, 0.25) is 0 Å². The molecule has 6 rings (SSSR count). The van der Waals surface area contributed by atoms with Gasteiger partial charge >= 0.3 is 11.9 Å². The van der Waals surface area contributed by atoms with Crippen LogP contribution in [0.4, 0.5) is 0 Å². The number of aliphatic hydroxyl groups is 6. The van der Waals surface area contributed by atoms with E-state index in [4.69, 9.17) is 18.9 Å². The first-order valence-electron chi connectivity index (χ1n) is 28.9. The van der Waals surface area contributed by atoms with E-state index < -0.39 is 146 Å². The number of rotatable bonds is 32. The summed E-state index contributed by atoms with van der Waals surface area (Å²) in [7, 11) is 0. The summed E-state index contributed by atoms with van der Waals surface area (Å²) in [5.41, 5.74) is 4.13. The Bertz CT molecular complexity index is 2900. The Hall–Kier alpha value is -7.50. The fourth-order valence-corrected chi connectivity index (χ4v) is 11.3. The van der Waals surface area contributed by atoms with E-state index in [-0.39, 0.29) is 50.3 Å². The molecule has 0 radical (unpaired) electrons. The van der Waals surface area contributed by atoms with Gasteiger partial charge in [0.15, 0.2) is 0 Å². The molecule has 14 N–H and O–H groups in total. The lowest BCUT2D eigenvalue weighted by atomic mass is 9.88. The number of amides is 6. The molecule has 2 fully saturated rings. The molecule has 486 valence electrons. The molecule has 2 saturated heterocycles. The minimum atomic E-state index is -2.51.